The van der Waals surface area contributed by atoms with Gasteiger partial charge in [0.15, 0.2) is 0 Å². The van der Waals surface area contributed by atoms with Gasteiger partial charge in [-0.3, -0.25) is 14.2 Å². The molecule has 0 aliphatic heterocycles. The Morgan fingerprint density at radius 3 is 2.71 bits per heavy atom. The normalized spacial score (nSPS) is 13.7. The SMILES string of the molecule is COc1ccc(Cn2cnc3c4ccccc4n(CC(=O)NCCC4=CCCCC4)c3c2=O)cc1. The Morgan fingerprint density at radius 2 is 1.94 bits per heavy atom. The van der Waals surface area contributed by atoms with E-state index in [0.29, 0.717) is 24.1 Å². The number of nitrogens with zero attached hydrogens (tertiary/aromatic N) is 3. The molecule has 1 N–H and O–H groups in total. The van der Waals surface area contributed by atoms with Crippen LogP contribution in [0.5, 0.6) is 5.75 Å². The fraction of sp³-hybridized carbons (Fsp3) is 0.321. The van der Waals surface area contributed by atoms with E-state index in [1.807, 2.05) is 48.5 Å². The van der Waals surface area contributed by atoms with Crippen molar-refractivity contribution in [2.24, 2.45) is 0 Å². The number of amides is 1. The van der Waals surface area contributed by atoms with Gasteiger partial charge in [-0.15, -0.1) is 0 Å². The number of benzene rings is 2. The fourth-order valence-corrected chi connectivity index (χ4v) is 4.85. The average molecular weight is 471 g/mol. The minimum Gasteiger partial charge on any atom is -0.497 e. The third kappa shape index (κ3) is 4.85. The van der Waals surface area contributed by atoms with Crippen molar-refractivity contribution in [3.8, 4) is 5.75 Å². The Morgan fingerprint density at radius 1 is 1.11 bits per heavy atom. The molecule has 0 saturated carbocycles. The van der Waals surface area contributed by atoms with Gasteiger partial charge in [-0.05, 0) is 55.9 Å². The molecule has 5 rings (SSSR count). The largest absolute Gasteiger partial charge is 0.497 e. The van der Waals surface area contributed by atoms with Crippen LogP contribution in [0.2, 0.25) is 0 Å². The number of methoxy groups -OCH3 is 1. The van der Waals surface area contributed by atoms with Gasteiger partial charge in [0.1, 0.15) is 23.3 Å². The number of aromatic nitrogens is 3. The molecular weight excluding hydrogens is 440 g/mol. The average Bonchev–Trinajstić information content (AvgIpc) is 3.21. The summed E-state index contributed by atoms with van der Waals surface area (Å²) >= 11 is 0. The summed E-state index contributed by atoms with van der Waals surface area (Å²) in [7, 11) is 1.62. The Labute approximate surface area is 204 Å². The second kappa shape index (κ2) is 10.2. The summed E-state index contributed by atoms with van der Waals surface area (Å²) < 4.78 is 8.62. The molecule has 7 nitrogen and oxygen atoms in total. The molecule has 0 radical (unpaired) electrons. The summed E-state index contributed by atoms with van der Waals surface area (Å²) in [6.07, 6.45) is 9.53. The zero-order valence-electron chi connectivity index (χ0n) is 20.0. The number of para-hydroxylation sites is 1. The number of hydrogen-bond donors (Lipinski definition) is 1. The van der Waals surface area contributed by atoms with Gasteiger partial charge < -0.3 is 14.6 Å². The van der Waals surface area contributed by atoms with Crippen molar-refractivity contribution in [3.63, 3.8) is 0 Å². The Bertz CT molecular complexity index is 1450. The first-order valence-corrected chi connectivity index (χ1v) is 12.2. The lowest BCUT2D eigenvalue weighted by atomic mass is 9.97. The van der Waals surface area contributed by atoms with E-state index in [2.05, 4.69) is 16.4 Å². The van der Waals surface area contributed by atoms with Gasteiger partial charge in [0.2, 0.25) is 5.91 Å². The molecule has 0 atom stereocenters. The molecule has 2 aromatic carbocycles. The molecule has 0 bridgehead atoms. The summed E-state index contributed by atoms with van der Waals surface area (Å²) in [5.41, 5.74) is 4.14. The molecule has 7 heteroatoms. The molecule has 1 amide bonds. The number of hydrogen-bond acceptors (Lipinski definition) is 4. The monoisotopic (exact) mass is 470 g/mol. The van der Waals surface area contributed by atoms with Crippen molar-refractivity contribution in [3.05, 3.63) is 82.4 Å². The number of nitrogens with one attached hydrogen (secondary N) is 1. The third-order valence-corrected chi connectivity index (χ3v) is 6.70. The second-order valence-corrected chi connectivity index (χ2v) is 9.03. The van der Waals surface area contributed by atoms with E-state index in [-0.39, 0.29) is 18.0 Å². The Kier molecular flexibility index (Phi) is 6.66. The summed E-state index contributed by atoms with van der Waals surface area (Å²) in [6, 6.07) is 15.3. The van der Waals surface area contributed by atoms with Crippen molar-refractivity contribution in [1.82, 2.24) is 19.4 Å². The van der Waals surface area contributed by atoms with Crippen LogP contribution in [0, 0.1) is 0 Å². The standard InChI is InChI=1S/C28H30N4O3/c1-35-22-13-11-21(12-14-22)17-31-19-30-26-23-9-5-6-10-24(23)32(27(26)28(31)34)18-25(33)29-16-15-20-7-3-2-4-8-20/h5-7,9-14,19H,2-4,8,15-18H2,1H3,(H,29,33). The highest BCUT2D eigenvalue weighted by Crippen LogP contribution is 2.25. The van der Waals surface area contributed by atoms with Crippen LogP contribution in [-0.2, 0) is 17.9 Å². The van der Waals surface area contributed by atoms with Crippen molar-refractivity contribution in [1.29, 1.82) is 0 Å². The molecule has 1 aliphatic carbocycles. The molecule has 4 aromatic rings. The second-order valence-electron chi connectivity index (χ2n) is 9.03. The van der Waals surface area contributed by atoms with Gasteiger partial charge in [0, 0.05) is 11.9 Å². The zero-order valence-corrected chi connectivity index (χ0v) is 20.0. The first-order chi connectivity index (χ1) is 17.1. The number of carbonyl (C=O) groups excluding carboxylic acids is 1. The number of rotatable bonds is 8. The van der Waals surface area contributed by atoms with Crippen molar-refractivity contribution >= 4 is 27.8 Å². The lowest BCUT2D eigenvalue weighted by molar-refractivity contribution is -0.121. The van der Waals surface area contributed by atoms with Gasteiger partial charge >= 0.3 is 0 Å². The first-order valence-electron chi connectivity index (χ1n) is 12.2. The maximum atomic E-state index is 13.6. The van der Waals surface area contributed by atoms with Crippen LogP contribution >= 0.6 is 0 Å². The first kappa shape index (κ1) is 22.9. The Balaban J connectivity index is 1.43. The Hall–Kier alpha value is -3.87. The van der Waals surface area contributed by atoms with Gasteiger partial charge in [-0.1, -0.05) is 42.0 Å². The maximum absolute atomic E-state index is 13.6. The van der Waals surface area contributed by atoms with Crippen LogP contribution in [0.15, 0.2) is 71.3 Å². The minimum absolute atomic E-state index is 0.0759. The predicted octanol–water partition coefficient (Wildman–Crippen LogP) is 4.41. The topological polar surface area (TPSA) is 78.2 Å². The molecule has 0 unspecified atom stereocenters. The smallest absolute Gasteiger partial charge is 0.278 e. The van der Waals surface area contributed by atoms with Crippen molar-refractivity contribution in [2.75, 3.05) is 13.7 Å². The molecule has 1 aliphatic rings. The van der Waals surface area contributed by atoms with Crippen LogP contribution in [0.4, 0.5) is 0 Å². The van der Waals surface area contributed by atoms with Gasteiger partial charge in [-0.25, -0.2) is 4.98 Å². The zero-order chi connectivity index (χ0) is 24.2. The quantitative estimate of drug-likeness (QED) is 0.387. The summed E-state index contributed by atoms with van der Waals surface area (Å²) in [6.45, 7) is 1.07. The van der Waals surface area contributed by atoms with E-state index in [1.165, 1.54) is 18.4 Å². The van der Waals surface area contributed by atoms with Crippen LogP contribution < -0.4 is 15.6 Å². The molecule has 180 valence electrons. The highest BCUT2D eigenvalue weighted by molar-refractivity contribution is 6.06. The summed E-state index contributed by atoms with van der Waals surface area (Å²) in [4.78, 5) is 31.1. The highest BCUT2D eigenvalue weighted by atomic mass is 16.5. The molecule has 0 spiro atoms. The van der Waals surface area contributed by atoms with Gasteiger partial charge in [0.25, 0.3) is 5.56 Å². The van der Waals surface area contributed by atoms with Crippen LogP contribution in [0.1, 0.15) is 37.7 Å². The van der Waals surface area contributed by atoms with E-state index in [1.54, 1.807) is 22.6 Å². The lowest BCUT2D eigenvalue weighted by Gasteiger charge is -2.13. The molecule has 0 fully saturated rings. The number of fused-ring (bicyclic) bond motifs is 3. The van der Waals surface area contributed by atoms with Gasteiger partial charge in [-0.2, -0.15) is 0 Å². The molecule has 0 saturated heterocycles. The predicted molar refractivity (Wildman–Crippen MR) is 138 cm³/mol. The minimum atomic E-state index is -0.165. The third-order valence-electron chi connectivity index (χ3n) is 6.70. The van der Waals surface area contributed by atoms with Crippen LogP contribution in [0.3, 0.4) is 0 Å². The lowest BCUT2D eigenvalue weighted by Crippen LogP contribution is -2.30. The number of ether oxygens (including phenoxy) is 1. The number of allylic oxidation sites excluding steroid dienone is 1. The van der Waals surface area contributed by atoms with E-state index in [9.17, 15) is 9.59 Å². The van der Waals surface area contributed by atoms with E-state index >= 15 is 0 Å². The van der Waals surface area contributed by atoms with E-state index in [0.717, 1.165) is 41.5 Å². The molecule has 2 aromatic heterocycles. The van der Waals surface area contributed by atoms with Crippen molar-refractivity contribution < 1.29 is 9.53 Å². The maximum Gasteiger partial charge on any atom is 0.278 e. The highest BCUT2D eigenvalue weighted by Gasteiger charge is 2.18. The van der Waals surface area contributed by atoms with Crippen LogP contribution in [-0.4, -0.2) is 33.7 Å². The van der Waals surface area contributed by atoms with Crippen molar-refractivity contribution in [2.45, 2.75) is 45.2 Å². The van der Waals surface area contributed by atoms with E-state index < -0.39 is 0 Å². The fourth-order valence-electron chi connectivity index (χ4n) is 4.85. The van der Waals surface area contributed by atoms with Crippen LogP contribution in [0.25, 0.3) is 21.9 Å². The summed E-state index contributed by atoms with van der Waals surface area (Å²) in [5, 5.41) is 3.91. The summed E-state index contributed by atoms with van der Waals surface area (Å²) in [5.74, 6) is 0.662. The molecule has 35 heavy (non-hydrogen) atoms. The van der Waals surface area contributed by atoms with Gasteiger partial charge in [0.05, 0.1) is 25.5 Å². The molecule has 2 heterocycles. The number of carbonyl (C=O) groups is 1. The van der Waals surface area contributed by atoms with E-state index in [4.69, 9.17) is 4.74 Å². The molecular formula is C28H30N4O3.